The number of thioether (sulfide) groups is 1. The predicted molar refractivity (Wildman–Crippen MR) is 125 cm³/mol. The molecule has 0 saturated heterocycles. The van der Waals surface area contributed by atoms with Crippen molar-refractivity contribution in [2.75, 3.05) is 37.4 Å². The van der Waals surface area contributed by atoms with E-state index in [1.807, 2.05) is 6.92 Å². The molecule has 0 radical (unpaired) electrons. The van der Waals surface area contributed by atoms with E-state index in [-0.39, 0.29) is 12.1 Å². The smallest absolute Gasteiger partial charge is 0.380 e. The maximum atomic E-state index is 12.9. The monoisotopic (exact) mass is 496 g/mol. The molecule has 0 aliphatic heterocycles. The summed E-state index contributed by atoms with van der Waals surface area (Å²) in [6, 6.07) is 4.33. The van der Waals surface area contributed by atoms with Crippen LogP contribution in [-0.2, 0) is 17.5 Å². The number of alkyl halides is 3. The highest BCUT2D eigenvalue weighted by Gasteiger charge is 2.30. The van der Waals surface area contributed by atoms with E-state index in [0.717, 1.165) is 29.7 Å². The van der Waals surface area contributed by atoms with Crippen LogP contribution in [0, 0.1) is 0 Å². The Labute approximate surface area is 199 Å². The molecule has 0 saturated carbocycles. The number of fused-ring (bicyclic) bond motifs is 1. The summed E-state index contributed by atoms with van der Waals surface area (Å²) >= 11 is 1.54. The van der Waals surface area contributed by atoms with Gasteiger partial charge in [0.05, 0.1) is 30.3 Å². The zero-order valence-electron chi connectivity index (χ0n) is 19.0. The Balaban J connectivity index is 1.71. The molecule has 0 fully saturated rings. The van der Waals surface area contributed by atoms with Crippen molar-refractivity contribution in [1.82, 2.24) is 25.1 Å². The predicted octanol–water partition coefficient (Wildman–Crippen LogP) is 4.23. The number of ether oxygens (including phenoxy) is 1. The maximum Gasteiger partial charge on any atom is 0.416 e. The molecule has 0 aliphatic rings. The normalized spacial score (nSPS) is 11.7. The van der Waals surface area contributed by atoms with Gasteiger partial charge in [-0.3, -0.25) is 4.79 Å². The van der Waals surface area contributed by atoms with Crippen LogP contribution in [0.15, 0.2) is 35.6 Å². The number of amides is 1. The van der Waals surface area contributed by atoms with E-state index in [1.54, 1.807) is 10.9 Å². The summed E-state index contributed by atoms with van der Waals surface area (Å²) < 4.78 is 45.7. The fraction of sp³-hybridized carbons (Fsp3) is 0.455. The summed E-state index contributed by atoms with van der Waals surface area (Å²) in [7, 11) is 0. The zero-order valence-corrected chi connectivity index (χ0v) is 19.8. The third-order valence-corrected chi connectivity index (χ3v) is 5.77. The van der Waals surface area contributed by atoms with Crippen molar-refractivity contribution < 1.29 is 22.7 Å². The molecule has 34 heavy (non-hydrogen) atoms. The van der Waals surface area contributed by atoms with Gasteiger partial charge >= 0.3 is 6.18 Å². The summed E-state index contributed by atoms with van der Waals surface area (Å²) in [4.78, 5) is 21.6. The lowest BCUT2D eigenvalue weighted by molar-refractivity contribution is -0.137. The molecule has 2 aromatic heterocycles. The Hall–Kier alpha value is -2.86. The van der Waals surface area contributed by atoms with Gasteiger partial charge in [0.1, 0.15) is 5.82 Å². The third kappa shape index (κ3) is 6.83. The second-order valence-electron chi connectivity index (χ2n) is 7.27. The van der Waals surface area contributed by atoms with Crippen LogP contribution >= 0.6 is 11.8 Å². The summed E-state index contributed by atoms with van der Waals surface area (Å²) in [5.41, 5.74) is -0.307. The van der Waals surface area contributed by atoms with Crippen LogP contribution in [0.25, 0.3) is 11.0 Å². The van der Waals surface area contributed by atoms with Gasteiger partial charge in [-0.2, -0.15) is 18.3 Å². The minimum Gasteiger partial charge on any atom is -0.380 e. The summed E-state index contributed by atoms with van der Waals surface area (Å²) in [5, 5.41) is 11.6. The molecular formula is C22H27F3N6O2S. The standard InChI is InChI=1S/C22H27F3N6O2S/c1-3-12-34-21-29-18(26-9-11-33-4-2)17-14-28-31(19(17)30-21)10-8-27-20(32)15-6-5-7-16(13-15)22(23,24)25/h5-7,13-14H,3-4,8-12H2,1-2H3,(H,27,32)(H,26,29,30). The van der Waals surface area contributed by atoms with Crippen molar-refractivity contribution in [3.63, 3.8) is 0 Å². The minimum atomic E-state index is -4.51. The van der Waals surface area contributed by atoms with Crippen LogP contribution in [0.2, 0.25) is 0 Å². The first kappa shape index (κ1) is 25.8. The second-order valence-corrected chi connectivity index (χ2v) is 8.33. The number of aromatic nitrogens is 4. The van der Waals surface area contributed by atoms with Crippen LogP contribution in [0.1, 0.15) is 36.2 Å². The molecule has 12 heteroatoms. The molecule has 1 aromatic carbocycles. The fourth-order valence-electron chi connectivity index (χ4n) is 3.09. The largest absolute Gasteiger partial charge is 0.416 e. The van der Waals surface area contributed by atoms with Crippen LogP contribution in [-0.4, -0.2) is 57.7 Å². The summed E-state index contributed by atoms with van der Waals surface area (Å²) in [6.45, 7) is 6.21. The van der Waals surface area contributed by atoms with Gasteiger partial charge in [-0.15, -0.1) is 0 Å². The molecule has 0 spiro atoms. The topological polar surface area (TPSA) is 94.0 Å². The number of nitrogens with zero attached hydrogens (tertiary/aromatic N) is 4. The van der Waals surface area contributed by atoms with E-state index in [9.17, 15) is 18.0 Å². The molecule has 0 unspecified atom stereocenters. The number of benzene rings is 1. The molecule has 184 valence electrons. The SMILES string of the molecule is CCCSc1nc(NCCOCC)c2cnn(CCNC(=O)c3cccc(C(F)(F)F)c3)c2n1. The first-order valence-corrected chi connectivity index (χ1v) is 12.0. The fourth-order valence-corrected chi connectivity index (χ4v) is 3.79. The number of carbonyl (C=O) groups is 1. The van der Waals surface area contributed by atoms with Crippen molar-refractivity contribution in [1.29, 1.82) is 0 Å². The minimum absolute atomic E-state index is 0.0542. The first-order chi connectivity index (χ1) is 16.3. The van der Waals surface area contributed by atoms with Crippen molar-refractivity contribution in [2.45, 2.75) is 38.1 Å². The van der Waals surface area contributed by atoms with Gasteiger partial charge in [0, 0.05) is 31.0 Å². The van der Waals surface area contributed by atoms with E-state index < -0.39 is 17.6 Å². The first-order valence-electron chi connectivity index (χ1n) is 11.0. The van der Waals surface area contributed by atoms with Crippen LogP contribution < -0.4 is 10.6 Å². The van der Waals surface area contributed by atoms with Crippen molar-refractivity contribution >= 4 is 34.5 Å². The van der Waals surface area contributed by atoms with Crippen molar-refractivity contribution in [3.05, 3.63) is 41.6 Å². The number of rotatable bonds is 12. The Morgan fingerprint density at radius 2 is 2.03 bits per heavy atom. The van der Waals surface area contributed by atoms with Crippen molar-refractivity contribution in [2.24, 2.45) is 0 Å². The molecule has 0 bridgehead atoms. The zero-order chi connectivity index (χ0) is 24.6. The number of nitrogens with one attached hydrogen (secondary N) is 2. The van der Waals surface area contributed by atoms with Gasteiger partial charge < -0.3 is 15.4 Å². The maximum absolute atomic E-state index is 12.9. The molecule has 1 amide bonds. The number of halogens is 3. The Bertz CT molecular complexity index is 1110. The van der Waals surface area contributed by atoms with Gasteiger partial charge in [0.15, 0.2) is 10.8 Å². The van der Waals surface area contributed by atoms with Gasteiger partial charge in [-0.1, -0.05) is 24.8 Å². The molecule has 2 N–H and O–H groups in total. The molecule has 3 rings (SSSR count). The lowest BCUT2D eigenvalue weighted by Gasteiger charge is -2.11. The van der Waals surface area contributed by atoms with E-state index in [1.165, 1.54) is 23.9 Å². The quantitative estimate of drug-likeness (QED) is 0.220. The molecule has 2 heterocycles. The average Bonchev–Trinajstić information content (AvgIpc) is 3.23. The number of anilines is 1. The Morgan fingerprint density at radius 3 is 2.76 bits per heavy atom. The number of hydrogen-bond donors (Lipinski definition) is 2. The third-order valence-electron chi connectivity index (χ3n) is 4.72. The molecule has 0 aliphatic carbocycles. The van der Waals surface area contributed by atoms with Crippen LogP contribution in [0.5, 0.6) is 0 Å². The summed E-state index contributed by atoms with van der Waals surface area (Å²) in [5.74, 6) is 0.933. The lowest BCUT2D eigenvalue weighted by atomic mass is 10.1. The second kappa shape index (κ2) is 12.0. The Kier molecular flexibility index (Phi) is 9.11. The van der Waals surface area contributed by atoms with Crippen LogP contribution in [0.4, 0.5) is 19.0 Å². The van der Waals surface area contributed by atoms with Gasteiger partial charge in [-0.05, 0) is 31.5 Å². The van der Waals surface area contributed by atoms with E-state index in [0.29, 0.717) is 42.9 Å². The highest BCUT2D eigenvalue weighted by Crippen LogP contribution is 2.29. The highest BCUT2D eigenvalue weighted by atomic mass is 32.2. The van der Waals surface area contributed by atoms with Crippen LogP contribution in [0.3, 0.4) is 0 Å². The molecule has 8 nitrogen and oxygen atoms in total. The van der Waals surface area contributed by atoms with Gasteiger partial charge in [-0.25, -0.2) is 14.6 Å². The van der Waals surface area contributed by atoms with E-state index in [4.69, 9.17) is 4.74 Å². The molecule has 3 aromatic rings. The van der Waals surface area contributed by atoms with Gasteiger partial charge in [0.25, 0.3) is 5.91 Å². The average molecular weight is 497 g/mol. The highest BCUT2D eigenvalue weighted by molar-refractivity contribution is 7.99. The number of carbonyl (C=O) groups excluding carboxylic acids is 1. The summed E-state index contributed by atoms with van der Waals surface area (Å²) in [6.07, 6.45) is -1.88. The van der Waals surface area contributed by atoms with Gasteiger partial charge in [0.2, 0.25) is 0 Å². The van der Waals surface area contributed by atoms with E-state index >= 15 is 0 Å². The Morgan fingerprint density at radius 1 is 1.21 bits per heavy atom. The van der Waals surface area contributed by atoms with E-state index in [2.05, 4.69) is 32.6 Å². The lowest BCUT2D eigenvalue weighted by Crippen LogP contribution is -2.27. The number of hydrogen-bond acceptors (Lipinski definition) is 7. The molecular weight excluding hydrogens is 469 g/mol. The molecule has 0 atom stereocenters. The van der Waals surface area contributed by atoms with Crippen molar-refractivity contribution in [3.8, 4) is 0 Å².